The molecule has 2 aliphatic rings. The van der Waals surface area contributed by atoms with Crippen molar-refractivity contribution in [3.63, 3.8) is 0 Å². The first-order valence-electron chi connectivity index (χ1n) is 9.69. The molecule has 1 aliphatic carbocycles. The van der Waals surface area contributed by atoms with Gasteiger partial charge >= 0.3 is 6.01 Å². The molecule has 1 aromatic heterocycles. The molecule has 0 bridgehead atoms. The van der Waals surface area contributed by atoms with E-state index in [-0.39, 0.29) is 17.7 Å². The van der Waals surface area contributed by atoms with E-state index in [4.69, 9.17) is 9.47 Å². The number of hydrogen-bond donors (Lipinski definition) is 1. The molecule has 2 aromatic rings. The second-order valence-electron chi connectivity index (χ2n) is 8.04. The molecule has 1 aliphatic heterocycles. The van der Waals surface area contributed by atoms with Crippen LogP contribution >= 0.6 is 0 Å². The van der Waals surface area contributed by atoms with E-state index < -0.39 is 4.92 Å². The Labute approximate surface area is 169 Å². The van der Waals surface area contributed by atoms with Crippen molar-refractivity contribution in [1.82, 2.24) is 20.2 Å². The molecule has 0 saturated heterocycles. The van der Waals surface area contributed by atoms with E-state index in [9.17, 15) is 10.1 Å². The quantitative estimate of drug-likeness (QED) is 0.506. The molecule has 0 radical (unpaired) electrons. The number of nitrogens with zero attached hydrogens (tertiary/aromatic N) is 4. The Balaban J connectivity index is 1.49. The highest BCUT2D eigenvalue weighted by atomic mass is 16.6. The van der Waals surface area contributed by atoms with Gasteiger partial charge in [-0.25, -0.2) is 0 Å². The Morgan fingerprint density at radius 1 is 1.21 bits per heavy atom. The van der Waals surface area contributed by atoms with Gasteiger partial charge < -0.3 is 19.7 Å². The van der Waals surface area contributed by atoms with Crippen molar-refractivity contribution in [3.05, 3.63) is 51.2 Å². The Morgan fingerprint density at radius 3 is 2.72 bits per heavy atom. The molecular weight excluding hydrogens is 374 g/mol. The van der Waals surface area contributed by atoms with Crippen LogP contribution in [0.25, 0.3) is 0 Å². The van der Waals surface area contributed by atoms with Crippen LogP contribution in [0.15, 0.2) is 24.3 Å². The molecule has 4 rings (SSSR count). The summed E-state index contributed by atoms with van der Waals surface area (Å²) in [5, 5.41) is 14.5. The molecule has 0 unspecified atom stereocenters. The summed E-state index contributed by atoms with van der Waals surface area (Å²) in [6, 6.07) is 6.86. The smallest absolute Gasteiger partial charge is 0.320 e. The standard InChI is InChI=1S/C20H25N5O4/c1-24(2)12-20(7-8-20)13-29-19-22-16-10-21-9-15(16)18(23-19)28-11-14-5-3-4-6-17(14)25(26)27/h3-6,21H,7-13H2,1-2H3. The molecule has 154 valence electrons. The van der Waals surface area contributed by atoms with Gasteiger partial charge in [-0.3, -0.25) is 10.1 Å². The predicted octanol–water partition coefficient (Wildman–Crippen LogP) is 2.29. The zero-order valence-corrected chi connectivity index (χ0v) is 16.7. The average Bonchev–Trinajstić information content (AvgIpc) is 3.27. The zero-order valence-electron chi connectivity index (χ0n) is 16.7. The fraction of sp³-hybridized carbons (Fsp3) is 0.500. The first-order chi connectivity index (χ1) is 14.0. The molecule has 29 heavy (non-hydrogen) atoms. The maximum atomic E-state index is 11.2. The van der Waals surface area contributed by atoms with Crippen LogP contribution in [0.4, 0.5) is 5.69 Å². The van der Waals surface area contributed by atoms with Gasteiger partial charge in [-0.2, -0.15) is 9.97 Å². The van der Waals surface area contributed by atoms with Crippen molar-refractivity contribution in [2.24, 2.45) is 5.41 Å². The number of aromatic nitrogens is 2. The summed E-state index contributed by atoms with van der Waals surface area (Å²) in [6.45, 7) is 2.83. The lowest BCUT2D eigenvalue weighted by Gasteiger charge is -2.20. The summed E-state index contributed by atoms with van der Waals surface area (Å²) < 4.78 is 11.8. The largest absolute Gasteiger partial charge is 0.472 e. The highest BCUT2D eigenvalue weighted by Crippen LogP contribution is 2.46. The van der Waals surface area contributed by atoms with Gasteiger partial charge in [-0.1, -0.05) is 12.1 Å². The summed E-state index contributed by atoms with van der Waals surface area (Å²) in [5.74, 6) is 0.422. The molecule has 0 spiro atoms. The first kappa shape index (κ1) is 19.5. The summed E-state index contributed by atoms with van der Waals surface area (Å²) in [5.41, 5.74) is 2.44. The van der Waals surface area contributed by atoms with Gasteiger partial charge in [0.2, 0.25) is 5.88 Å². The van der Waals surface area contributed by atoms with E-state index in [0.29, 0.717) is 37.2 Å². The lowest BCUT2D eigenvalue weighted by Crippen LogP contribution is -2.28. The van der Waals surface area contributed by atoms with Crippen LogP contribution in [0.2, 0.25) is 0 Å². The molecule has 9 heteroatoms. The van der Waals surface area contributed by atoms with Gasteiger partial charge in [-0.15, -0.1) is 0 Å². The maximum absolute atomic E-state index is 11.2. The Morgan fingerprint density at radius 2 is 2.00 bits per heavy atom. The highest BCUT2D eigenvalue weighted by molar-refractivity contribution is 5.40. The van der Waals surface area contributed by atoms with Crippen molar-refractivity contribution in [2.75, 3.05) is 27.2 Å². The SMILES string of the molecule is CN(C)CC1(COc2nc3c(c(OCc4ccccc4[N+](=O)[O-])n2)CNC3)CC1. The minimum atomic E-state index is -0.404. The molecule has 1 aromatic carbocycles. The van der Waals surface area contributed by atoms with E-state index in [2.05, 4.69) is 34.3 Å². The van der Waals surface area contributed by atoms with Crippen LogP contribution in [-0.4, -0.2) is 47.0 Å². The molecular formula is C20H25N5O4. The van der Waals surface area contributed by atoms with Gasteiger partial charge in [0.15, 0.2) is 0 Å². The monoisotopic (exact) mass is 399 g/mol. The number of ether oxygens (including phenoxy) is 2. The number of nitrogens with one attached hydrogen (secondary N) is 1. The fourth-order valence-corrected chi connectivity index (χ4v) is 3.67. The molecule has 1 saturated carbocycles. The number of rotatable bonds is 9. The number of nitro benzene ring substituents is 1. The van der Waals surface area contributed by atoms with Gasteiger partial charge in [0.1, 0.15) is 6.61 Å². The normalized spacial score (nSPS) is 16.5. The third-order valence-electron chi connectivity index (χ3n) is 5.30. The van der Waals surface area contributed by atoms with E-state index in [1.54, 1.807) is 18.2 Å². The van der Waals surface area contributed by atoms with Crippen LogP contribution < -0.4 is 14.8 Å². The third kappa shape index (κ3) is 4.46. The predicted molar refractivity (Wildman–Crippen MR) is 106 cm³/mol. The second kappa shape index (κ2) is 7.92. The van der Waals surface area contributed by atoms with Gasteiger partial charge in [0.25, 0.3) is 5.69 Å². The number of para-hydroxylation sites is 1. The van der Waals surface area contributed by atoms with Crippen LogP contribution in [-0.2, 0) is 19.7 Å². The summed E-state index contributed by atoms with van der Waals surface area (Å²) in [4.78, 5) is 22.0. The number of hydrogen-bond acceptors (Lipinski definition) is 8. The lowest BCUT2D eigenvalue weighted by molar-refractivity contribution is -0.385. The van der Waals surface area contributed by atoms with Gasteiger partial charge in [-0.05, 0) is 33.0 Å². The van der Waals surface area contributed by atoms with Crippen molar-refractivity contribution < 1.29 is 14.4 Å². The topological polar surface area (TPSA) is 103 Å². The van der Waals surface area contributed by atoms with E-state index >= 15 is 0 Å². The minimum absolute atomic E-state index is 0.0344. The molecule has 2 heterocycles. The van der Waals surface area contributed by atoms with Crippen LogP contribution in [0.5, 0.6) is 11.9 Å². The van der Waals surface area contributed by atoms with E-state index in [0.717, 1.165) is 30.6 Å². The Bertz CT molecular complexity index is 914. The number of fused-ring (bicyclic) bond motifs is 1. The van der Waals surface area contributed by atoms with Gasteiger partial charge in [0, 0.05) is 31.1 Å². The van der Waals surface area contributed by atoms with Crippen molar-refractivity contribution in [3.8, 4) is 11.9 Å². The third-order valence-corrected chi connectivity index (χ3v) is 5.30. The van der Waals surface area contributed by atoms with Crippen LogP contribution in [0.1, 0.15) is 29.7 Å². The minimum Gasteiger partial charge on any atom is -0.472 e. The zero-order chi connectivity index (χ0) is 20.4. The van der Waals surface area contributed by atoms with Crippen molar-refractivity contribution in [2.45, 2.75) is 32.5 Å². The number of benzene rings is 1. The fourth-order valence-electron chi connectivity index (χ4n) is 3.67. The van der Waals surface area contributed by atoms with Gasteiger partial charge in [0.05, 0.1) is 28.4 Å². The summed E-state index contributed by atoms with van der Waals surface area (Å²) in [6.07, 6.45) is 2.28. The summed E-state index contributed by atoms with van der Waals surface area (Å²) in [7, 11) is 4.12. The molecule has 1 fully saturated rings. The van der Waals surface area contributed by atoms with E-state index in [1.807, 2.05) is 0 Å². The average molecular weight is 399 g/mol. The molecule has 0 amide bonds. The maximum Gasteiger partial charge on any atom is 0.320 e. The van der Waals surface area contributed by atoms with Crippen molar-refractivity contribution in [1.29, 1.82) is 0 Å². The molecule has 9 nitrogen and oxygen atoms in total. The summed E-state index contributed by atoms with van der Waals surface area (Å²) >= 11 is 0. The van der Waals surface area contributed by atoms with Crippen molar-refractivity contribution >= 4 is 5.69 Å². The number of nitro groups is 1. The molecule has 1 N–H and O–H groups in total. The van der Waals surface area contributed by atoms with Crippen LogP contribution in [0.3, 0.4) is 0 Å². The Kier molecular flexibility index (Phi) is 5.33. The van der Waals surface area contributed by atoms with E-state index in [1.165, 1.54) is 6.07 Å². The first-order valence-corrected chi connectivity index (χ1v) is 9.69. The van der Waals surface area contributed by atoms with Crippen LogP contribution in [0, 0.1) is 15.5 Å². The highest BCUT2D eigenvalue weighted by Gasteiger charge is 2.44. The molecule has 0 atom stereocenters. The second-order valence-corrected chi connectivity index (χ2v) is 8.04. The Hall–Kier alpha value is -2.78. The lowest BCUT2D eigenvalue weighted by atomic mass is 10.1.